The summed E-state index contributed by atoms with van der Waals surface area (Å²) in [6.45, 7) is 2.17. The molecule has 2 N–H and O–H groups in total. The van der Waals surface area contributed by atoms with E-state index in [4.69, 9.17) is 21.1 Å². The van der Waals surface area contributed by atoms with E-state index in [1.807, 2.05) is 79.7 Å². The first kappa shape index (κ1) is 23.4. The molecule has 10 heteroatoms. The molecule has 3 aromatic carbocycles. The van der Waals surface area contributed by atoms with Crippen molar-refractivity contribution < 1.29 is 14.3 Å². The molecule has 1 unspecified atom stereocenters. The summed E-state index contributed by atoms with van der Waals surface area (Å²) < 4.78 is 13.2. The van der Waals surface area contributed by atoms with Gasteiger partial charge in [-0.2, -0.15) is 4.68 Å². The third kappa shape index (κ3) is 4.73. The summed E-state index contributed by atoms with van der Waals surface area (Å²) in [4.78, 5) is 13.4. The van der Waals surface area contributed by atoms with Crippen molar-refractivity contribution in [2.24, 2.45) is 0 Å². The summed E-state index contributed by atoms with van der Waals surface area (Å²) in [7, 11) is 1.57. The van der Waals surface area contributed by atoms with Gasteiger partial charge in [0.2, 0.25) is 5.95 Å². The number of para-hydroxylation sites is 1. The van der Waals surface area contributed by atoms with E-state index in [-0.39, 0.29) is 5.91 Å². The summed E-state index contributed by atoms with van der Waals surface area (Å²) in [5.41, 5.74) is 3.56. The molecule has 0 radical (unpaired) electrons. The molecule has 36 heavy (non-hydrogen) atoms. The van der Waals surface area contributed by atoms with Crippen LogP contribution in [0.1, 0.15) is 24.1 Å². The molecular weight excluding hydrogens is 480 g/mol. The molecule has 2 heterocycles. The molecule has 182 valence electrons. The zero-order valence-electron chi connectivity index (χ0n) is 19.6. The highest BCUT2D eigenvalue weighted by atomic mass is 35.5. The number of carbonyl (C=O) groups excluding carboxylic acids is 1. The zero-order chi connectivity index (χ0) is 25.1. The van der Waals surface area contributed by atoms with E-state index in [1.165, 1.54) is 0 Å². The maximum absolute atomic E-state index is 13.4. The second-order valence-electron chi connectivity index (χ2n) is 8.16. The van der Waals surface area contributed by atoms with Gasteiger partial charge >= 0.3 is 0 Å². The third-order valence-corrected chi connectivity index (χ3v) is 6.05. The molecule has 5 rings (SSSR count). The average molecular weight is 503 g/mol. The van der Waals surface area contributed by atoms with Gasteiger partial charge in [-0.05, 0) is 64.9 Å². The summed E-state index contributed by atoms with van der Waals surface area (Å²) >= 11 is 5.97. The first-order valence-electron chi connectivity index (χ1n) is 11.2. The number of hydrogen-bond donors (Lipinski definition) is 2. The number of rotatable bonds is 7. The molecule has 0 spiro atoms. The van der Waals surface area contributed by atoms with Crippen LogP contribution in [0, 0.1) is 0 Å². The van der Waals surface area contributed by atoms with E-state index in [0.717, 1.165) is 11.1 Å². The highest BCUT2D eigenvalue weighted by molar-refractivity contribution is 6.30. The highest BCUT2D eigenvalue weighted by Crippen LogP contribution is 2.38. The van der Waals surface area contributed by atoms with Gasteiger partial charge in [0.1, 0.15) is 12.6 Å². The number of amides is 1. The van der Waals surface area contributed by atoms with E-state index in [2.05, 4.69) is 26.2 Å². The van der Waals surface area contributed by atoms with Crippen LogP contribution in [-0.4, -0.2) is 33.2 Å². The van der Waals surface area contributed by atoms with E-state index in [9.17, 15) is 4.79 Å². The van der Waals surface area contributed by atoms with Gasteiger partial charge in [0.25, 0.3) is 5.91 Å². The number of fused-ring (bicyclic) bond motifs is 1. The Morgan fingerprint density at radius 3 is 2.61 bits per heavy atom. The standard InChI is InChI=1S/C26H23ClN6O3/c1-16-23(25(34)29-20-6-4-3-5-7-20)24(33-26(28-16)30-31-32-33)18-10-13-21(22(14-18)35-2)36-15-17-8-11-19(27)12-9-17/h3-14,24H,15H2,1-2H3,(H,29,34)(H,28,30,32). The van der Waals surface area contributed by atoms with Crippen LogP contribution in [0.25, 0.3) is 0 Å². The summed E-state index contributed by atoms with van der Waals surface area (Å²) in [5, 5.41) is 18.7. The summed E-state index contributed by atoms with van der Waals surface area (Å²) in [6.07, 6.45) is 0. The number of allylic oxidation sites excluding steroid dienone is 1. The van der Waals surface area contributed by atoms with E-state index in [1.54, 1.807) is 11.8 Å². The molecule has 0 aliphatic carbocycles. The Morgan fingerprint density at radius 1 is 1.08 bits per heavy atom. The number of benzene rings is 3. The van der Waals surface area contributed by atoms with Crippen molar-refractivity contribution in [2.75, 3.05) is 17.7 Å². The predicted octanol–water partition coefficient (Wildman–Crippen LogP) is 4.84. The lowest BCUT2D eigenvalue weighted by molar-refractivity contribution is -0.113. The van der Waals surface area contributed by atoms with Crippen LogP contribution in [0.15, 0.2) is 84.1 Å². The van der Waals surface area contributed by atoms with Gasteiger partial charge in [-0.25, -0.2) is 0 Å². The van der Waals surface area contributed by atoms with Crippen molar-refractivity contribution >= 4 is 29.1 Å². The number of carbonyl (C=O) groups is 1. The van der Waals surface area contributed by atoms with Crippen molar-refractivity contribution in [3.63, 3.8) is 0 Å². The van der Waals surface area contributed by atoms with Gasteiger partial charge in [0.15, 0.2) is 11.5 Å². The number of nitrogens with one attached hydrogen (secondary N) is 2. The lowest BCUT2D eigenvalue weighted by atomic mass is 9.94. The molecule has 1 atom stereocenters. The SMILES string of the molecule is COc1cc(C2C(C(=O)Nc3ccccc3)=C(C)Nc3nnnn32)ccc1OCc1ccc(Cl)cc1. The third-order valence-electron chi connectivity index (χ3n) is 5.80. The van der Waals surface area contributed by atoms with Crippen LogP contribution < -0.4 is 20.1 Å². The fourth-order valence-electron chi connectivity index (χ4n) is 4.05. The Labute approximate surface area is 212 Å². The van der Waals surface area contributed by atoms with Crippen molar-refractivity contribution in [1.82, 2.24) is 20.2 Å². The first-order valence-corrected chi connectivity index (χ1v) is 11.6. The second-order valence-corrected chi connectivity index (χ2v) is 8.60. The Balaban J connectivity index is 1.47. The quantitative estimate of drug-likeness (QED) is 0.372. The molecule has 1 amide bonds. The van der Waals surface area contributed by atoms with Crippen LogP contribution in [0.3, 0.4) is 0 Å². The number of aromatic nitrogens is 4. The molecule has 1 aliphatic heterocycles. The maximum Gasteiger partial charge on any atom is 0.255 e. The summed E-state index contributed by atoms with van der Waals surface area (Å²) in [5.74, 6) is 1.27. The molecule has 0 saturated heterocycles. The van der Waals surface area contributed by atoms with Crippen molar-refractivity contribution in [3.05, 3.63) is 100 Å². The number of hydrogen-bond acceptors (Lipinski definition) is 7. The van der Waals surface area contributed by atoms with Crippen LogP contribution in [-0.2, 0) is 11.4 Å². The fraction of sp³-hybridized carbons (Fsp3) is 0.154. The van der Waals surface area contributed by atoms with Crippen molar-refractivity contribution in [3.8, 4) is 11.5 Å². The monoisotopic (exact) mass is 502 g/mol. The number of tetrazole rings is 1. The van der Waals surface area contributed by atoms with E-state index in [0.29, 0.717) is 46.0 Å². The zero-order valence-corrected chi connectivity index (χ0v) is 20.4. The Bertz CT molecular complexity index is 1420. The number of methoxy groups -OCH3 is 1. The minimum atomic E-state index is -0.584. The maximum atomic E-state index is 13.4. The molecule has 9 nitrogen and oxygen atoms in total. The Morgan fingerprint density at radius 2 is 1.86 bits per heavy atom. The summed E-state index contributed by atoms with van der Waals surface area (Å²) in [6, 6.07) is 21.7. The molecule has 4 aromatic rings. The average Bonchev–Trinajstić information content (AvgIpc) is 3.36. The van der Waals surface area contributed by atoms with Crippen LogP contribution >= 0.6 is 11.6 Å². The number of nitrogens with zero attached hydrogens (tertiary/aromatic N) is 4. The number of ether oxygens (including phenoxy) is 2. The molecule has 0 bridgehead atoms. The van der Waals surface area contributed by atoms with Crippen LogP contribution in [0.4, 0.5) is 11.6 Å². The predicted molar refractivity (Wildman–Crippen MR) is 136 cm³/mol. The van der Waals surface area contributed by atoms with Crippen LogP contribution in [0.2, 0.25) is 5.02 Å². The first-order chi connectivity index (χ1) is 17.5. The number of halogens is 1. The van der Waals surface area contributed by atoms with Gasteiger partial charge in [0.05, 0.1) is 12.7 Å². The van der Waals surface area contributed by atoms with Gasteiger partial charge < -0.3 is 20.1 Å². The Hall–Kier alpha value is -4.37. The minimum absolute atomic E-state index is 0.264. The normalized spacial score (nSPS) is 14.6. The second kappa shape index (κ2) is 10.1. The lowest BCUT2D eigenvalue weighted by Crippen LogP contribution is -2.31. The topological polar surface area (TPSA) is 103 Å². The lowest BCUT2D eigenvalue weighted by Gasteiger charge is -2.28. The largest absolute Gasteiger partial charge is 0.493 e. The number of anilines is 2. The molecular formula is C26H23ClN6O3. The van der Waals surface area contributed by atoms with E-state index < -0.39 is 6.04 Å². The van der Waals surface area contributed by atoms with Crippen molar-refractivity contribution in [1.29, 1.82) is 0 Å². The fourth-order valence-corrected chi connectivity index (χ4v) is 4.18. The smallest absolute Gasteiger partial charge is 0.255 e. The molecule has 1 aliphatic rings. The van der Waals surface area contributed by atoms with Crippen LogP contribution in [0.5, 0.6) is 11.5 Å². The highest BCUT2D eigenvalue weighted by Gasteiger charge is 2.34. The molecule has 0 fully saturated rings. The molecule has 1 aromatic heterocycles. The van der Waals surface area contributed by atoms with Gasteiger partial charge in [-0.1, -0.05) is 53.1 Å². The Kier molecular flexibility index (Phi) is 6.55. The van der Waals surface area contributed by atoms with Gasteiger partial charge in [-0.15, -0.1) is 0 Å². The van der Waals surface area contributed by atoms with Crippen molar-refractivity contribution in [2.45, 2.75) is 19.6 Å². The van der Waals surface area contributed by atoms with Gasteiger partial charge in [-0.3, -0.25) is 4.79 Å². The molecule has 0 saturated carbocycles. The van der Waals surface area contributed by atoms with E-state index >= 15 is 0 Å². The van der Waals surface area contributed by atoms with Gasteiger partial charge in [0, 0.05) is 16.4 Å². The minimum Gasteiger partial charge on any atom is -0.493 e.